The fourth-order valence-electron chi connectivity index (χ4n) is 2.02. The van der Waals surface area contributed by atoms with Crippen molar-refractivity contribution >= 4 is 23.5 Å². The third kappa shape index (κ3) is 2.72. The number of ether oxygens (including phenoxy) is 1. The van der Waals surface area contributed by atoms with Crippen LogP contribution in [0.5, 0.6) is 5.75 Å². The van der Waals surface area contributed by atoms with Crippen LogP contribution in [0.4, 0.5) is 11.5 Å². The van der Waals surface area contributed by atoms with Gasteiger partial charge in [0.25, 0.3) is 5.91 Å². The number of rotatable bonds is 2. The van der Waals surface area contributed by atoms with E-state index >= 15 is 0 Å². The number of carbonyl (C=O) groups is 1. The maximum absolute atomic E-state index is 12.0. The fraction of sp³-hybridized carbons (Fsp3) is 0.125. The highest BCUT2D eigenvalue weighted by molar-refractivity contribution is 6.07. The summed E-state index contributed by atoms with van der Waals surface area (Å²) in [5.41, 5.74) is 2.00. The number of carbonyl (C=O) groups excluding carboxylic acids is 1. The van der Waals surface area contributed by atoms with Crippen molar-refractivity contribution in [1.29, 1.82) is 0 Å². The van der Waals surface area contributed by atoms with E-state index in [0.29, 0.717) is 11.6 Å². The van der Waals surface area contributed by atoms with Gasteiger partial charge in [-0.1, -0.05) is 12.1 Å². The molecule has 0 saturated carbocycles. The lowest BCUT2D eigenvalue weighted by atomic mass is 10.1. The first-order valence-corrected chi connectivity index (χ1v) is 6.57. The highest BCUT2D eigenvalue weighted by Gasteiger charge is 2.22. The molecule has 1 aromatic carbocycles. The Morgan fingerprint density at radius 1 is 1.19 bits per heavy atom. The Kier molecular flexibility index (Phi) is 3.31. The van der Waals surface area contributed by atoms with E-state index in [1.165, 1.54) is 0 Å². The third-order valence-electron chi connectivity index (χ3n) is 3.15. The highest BCUT2D eigenvalue weighted by Crippen LogP contribution is 2.28. The van der Waals surface area contributed by atoms with Gasteiger partial charge in [0.2, 0.25) is 0 Å². The topological polar surface area (TPSA) is 54.5 Å². The SMILES string of the molecule is CN(C)c1ccc(/C=C2\Oc3cccnc3NC2=O)cc1. The minimum Gasteiger partial charge on any atom is -0.448 e. The number of fused-ring (bicyclic) bond motifs is 1. The first-order chi connectivity index (χ1) is 10.1. The van der Waals surface area contributed by atoms with E-state index < -0.39 is 0 Å². The lowest BCUT2D eigenvalue weighted by Gasteiger charge is -2.18. The van der Waals surface area contributed by atoms with Crippen LogP contribution in [0.15, 0.2) is 48.4 Å². The second-order valence-corrected chi connectivity index (χ2v) is 4.90. The smallest absolute Gasteiger partial charge is 0.292 e. The lowest BCUT2D eigenvalue weighted by Crippen LogP contribution is -2.24. The summed E-state index contributed by atoms with van der Waals surface area (Å²) in [6.07, 6.45) is 3.32. The monoisotopic (exact) mass is 281 g/mol. The number of nitrogens with one attached hydrogen (secondary N) is 1. The summed E-state index contributed by atoms with van der Waals surface area (Å²) in [4.78, 5) is 18.1. The molecule has 5 heteroatoms. The molecule has 1 aliphatic rings. The normalized spacial score (nSPS) is 15.1. The van der Waals surface area contributed by atoms with Crippen molar-refractivity contribution in [3.8, 4) is 5.75 Å². The van der Waals surface area contributed by atoms with Crippen molar-refractivity contribution in [3.63, 3.8) is 0 Å². The lowest BCUT2D eigenvalue weighted by molar-refractivity contribution is -0.115. The second-order valence-electron chi connectivity index (χ2n) is 4.90. The summed E-state index contributed by atoms with van der Waals surface area (Å²) >= 11 is 0. The minimum absolute atomic E-state index is 0.258. The molecule has 5 nitrogen and oxygen atoms in total. The summed E-state index contributed by atoms with van der Waals surface area (Å²) in [5, 5.41) is 2.71. The fourth-order valence-corrected chi connectivity index (χ4v) is 2.02. The van der Waals surface area contributed by atoms with Gasteiger partial charge >= 0.3 is 0 Å². The Balaban J connectivity index is 1.88. The van der Waals surface area contributed by atoms with E-state index in [4.69, 9.17) is 4.74 Å². The first-order valence-electron chi connectivity index (χ1n) is 6.57. The zero-order valence-electron chi connectivity index (χ0n) is 11.8. The van der Waals surface area contributed by atoms with Crippen molar-refractivity contribution in [3.05, 3.63) is 53.9 Å². The van der Waals surface area contributed by atoms with Gasteiger partial charge in [0.1, 0.15) is 0 Å². The molecule has 1 N–H and O–H groups in total. The van der Waals surface area contributed by atoms with Crippen molar-refractivity contribution < 1.29 is 9.53 Å². The maximum atomic E-state index is 12.0. The molecule has 2 heterocycles. The Hall–Kier alpha value is -2.82. The molecule has 0 radical (unpaired) electrons. The molecule has 0 unspecified atom stereocenters. The van der Waals surface area contributed by atoms with E-state index in [0.717, 1.165) is 11.3 Å². The number of nitrogens with zero attached hydrogens (tertiary/aromatic N) is 2. The number of aromatic nitrogens is 1. The van der Waals surface area contributed by atoms with Gasteiger partial charge < -0.3 is 15.0 Å². The van der Waals surface area contributed by atoms with Crippen LogP contribution in [0.3, 0.4) is 0 Å². The van der Waals surface area contributed by atoms with E-state index in [1.807, 2.05) is 43.3 Å². The molecule has 3 rings (SSSR count). The first kappa shape index (κ1) is 13.2. The molecular weight excluding hydrogens is 266 g/mol. The van der Waals surface area contributed by atoms with Crippen LogP contribution < -0.4 is 15.0 Å². The highest BCUT2D eigenvalue weighted by atomic mass is 16.5. The second kappa shape index (κ2) is 5.28. The summed E-state index contributed by atoms with van der Waals surface area (Å²) in [5.74, 6) is 0.960. The van der Waals surface area contributed by atoms with Crippen LogP contribution in [0.1, 0.15) is 5.56 Å². The Morgan fingerprint density at radius 3 is 2.67 bits per heavy atom. The number of hydrogen-bond donors (Lipinski definition) is 1. The van der Waals surface area contributed by atoms with Crippen LogP contribution in [0.25, 0.3) is 6.08 Å². The minimum atomic E-state index is -0.294. The number of pyridine rings is 1. The average Bonchev–Trinajstić information content (AvgIpc) is 2.48. The molecule has 0 spiro atoms. The largest absolute Gasteiger partial charge is 0.448 e. The van der Waals surface area contributed by atoms with E-state index in [-0.39, 0.29) is 11.7 Å². The van der Waals surface area contributed by atoms with Crippen molar-refractivity contribution in [1.82, 2.24) is 4.98 Å². The molecule has 0 aliphatic carbocycles. The zero-order chi connectivity index (χ0) is 14.8. The molecule has 1 aromatic heterocycles. The van der Waals surface area contributed by atoms with Crippen LogP contribution in [-0.4, -0.2) is 25.0 Å². The van der Waals surface area contributed by atoms with Gasteiger partial charge in [-0.3, -0.25) is 4.79 Å². The van der Waals surface area contributed by atoms with Crippen LogP contribution >= 0.6 is 0 Å². The number of benzene rings is 1. The van der Waals surface area contributed by atoms with Crippen LogP contribution in [0.2, 0.25) is 0 Å². The van der Waals surface area contributed by atoms with Crippen LogP contribution in [0, 0.1) is 0 Å². The number of amides is 1. The van der Waals surface area contributed by atoms with Gasteiger partial charge in [0.05, 0.1) is 0 Å². The number of hydrogen-bond acceptors (Lipinski definition) is 4. The predicted molar refractivity (Wildman–Crippen MR) is 82.2 cm³/mol. The standard InChI is InChI=1S/C16H15N3O2/c1-19(2)12-7-5-11(6-8-12)10-14-16(20)18-15-13(21-14)4-3-9-17-15/h3-10H,1-2H3,(H,17,18,20)/b14-10-. The zero-order valence-corrected chi connectivity index (χ0v) is 11.8. The Morgan fingerprint density at radius 2 is 1.95 bits per heavy atom. The molecular formula is C16H15N3O2. The third-order valence-corrected chi connectivity index (χ3v) is 3.15. The van der Waals surface area contributed by atoms with Gasteiger partial charge in [-0.25, -0.2) is 4.98 Å². The maximum Gasteiger partial charge on any atom is 0.292 e. The van der Waals surface area contributed by atoms with Crippen LogP contribution in [-0.2, 0) is 4.79 Å². The summed E-state index contributed by atoms with van der Waals surface area (Å²) in [6.45, 7) is 0. The predicted octanol–water partition coefficient (Wildman–Crippen LogP) is 2.52. The molecule has 106 valence electrons. The van der Waals surface area contributed by atoms with Gasteiger partial charge in [-0.2, -0.15) is 0 Å². The summed E-state index contributed by atoms with van der Waals surface area (Å²) in [7, 11) is 3.96. The van der Waals surface area contributed by atoms with E-state index in [2.05, 4.69) is 10.3 Å². The van der Waals surface area contributed by atoms with Gasteiger partial charge in [-0.05, 0) is 35.9 Å². The summed E-state index contributed by atoms with van der Waals surface area (Å²) < 4.78 is 5.60. The van der Waals surface area contributed by atoms with E-state index in [1.54, 1.807) is 24.4 Å². The molecule has 0 bridgehead atoms. The Labute approximate surface area is 122 Å². The number of anilines is 2. The van der Waals surface area contributed by atoms with Gasteiger partial charge in [0.15, 0.2) is 17.3 Å². The summed E-state index contributed by atoms with van der Waals surface area (Å²) in [6, 6.07) is 11.4. The molecule has 2 aromatic rings. The molecule has 0 saturated heterocycles. The van der Waals surface area contributed by atoms with Gasteiger partial charge in [-0.15, -0.1) is 0 Å². The molecule has 1 aliphatic heterocycles. The quantitative estimate of drug-likeness (QED) is 0.859. The van der Waals surface area contributed by atoms with Gasteiger partial charge in [0, 0.05) is 26.0 Å². The van der Waals surface area contributed by atoms with E-state index in [9.17, 15) is 4.79 Å². The average molecular weight is 281 g/mol. The van der Waals surface area contributed by atoms with Crippen molar-refractivity contribution in [2.75, 3.05) is 24.3 Å². The molecule has 0 fully saturated rings. The van der Waals surface area contributed by atoms with Crippen molar-refractivity contribution in [2.45, 2.75) is 0 Å². The Bertz CT molecular complexity index is 706. The van der Waals surface area contributed by atoms with Crippen molar-refractivity contribution in [2.24, 2.45) is 0 Å². The molecule has 1 amide bonds. The molecule has 21 heavy (non-hydrogen) atoms. The molecule has 0 atom stereocenters.